The highest BCUT2D eigenvalue weighted by Crippen LogP contribution is 2.36. The van der Waals surface area contributed by atoms with Crippen LogP contribution in [-0.2, 0) is 10.1 Å². The van der Waals surface area contributed by atoms with E-state index >= 15 is 0 Å². The molecular formula is C28H20O9S. The molecule has 0 radical (unpaired) electrons. The van der Waals surface area contributed by atoms with Gasteiger partial charge in [-0.3, -0.25) is 9.59 Å². The Morgan fingerprint density at radius 2 is 1.24 bits per heavy atom. The number of carbonyl (C=O) groups is 3. The van der Waals surface area contributed by atoms with Crippen molar-refractivity contribution in [2.75, 3.05) is 7.11 Å². The van der Waals surface area contributed by atoms with E-state index in [1.54, 1.807) is 36.4 Å². The van der Waals surface area contributed by atoms with Gasteiger partial charge < -0.3 is 19.1 Å². The Morgan fingerprint density at radius 3 is 1.76 bits per heavy atom. The zero-order valence-electron chi connectivity index (χ0n) is 19.8. The van der Waals surface area contributed by atoms with Crippen molar-refractivity contribution in [2.45, 2.75) is 4.90 Å². The molecule has 0 aliphatic rings. The van der Waals surface area contributed by atoms with Gasteiger partial charge in [0, 0.05) is 17.2 Å². The molecule has 0 spiro atoms. The lowest BCUT2D eigenvalue weighted by Gasteiger charge is -2.16. The number of aromatic carboxylic acids is 1. The van der Waals surface area contributed by atoms with Gasteiger partial charge in [0.1, 0.15) is 22.0 Å². The second-order valence-corrected chi connectivity index (χ2v) is 9.45. The first kappa shape index (κ1) is 26.1. The van der Waals surface area contributed by atoms with Crippen LogP contribution in [0.25, 0.3) is 0 Å². The van der Waals surface area contributed by atoms with Gasteiger partial charge >= 0.3 is 16.1 Å². The summed E-state index contributed by atoms with van der Waals surface area (Å²) in [5, 5.41) is 20.1. The Labute approximate surface area is 217 Å². The highest BCUT2D eigenvalue weighted by molar-refractivity contribution is 7.87. The van der Waals surface area contributed by atoms with E-state index in [9.17, 15) is 33.0 Å². The lowest BCUT2D eigenvalue weighted by Crippen LogP contribution is -2.17. The number of phenolic OH excluding ortho intramolecular Hbond substituents is 1. The molecule has 0 heterocycles. The highest BCUT2D eigenvalue weighted by Gasteiger charge is 2.31. The molecule has 0 aliphatic carbocycles. The third kappa shape index (κ3) is 5.11. The van der Waals surface area contributed by atoms with Crippen LogP contribution < -0.4 is 8.92 Å². The number of hydrogen-bond donors (Lipinski definition) is 2. The van der Waals surface area contributed by atoms with Crippen molar-refractivity contribution < 1.29 is 41.9 Å². The van der Waals surface area contributed by atoms with E-state index in [0.717, 1.165) is 25.3 Å². The first-order valence-electron chi connectivity index (χ1n) is 11.1. The van der Waals surface area contributed by atoms with Crippen molar-refractivity contribution in [3.8, 4) is 17.2 Å². The number of para-hydroxylation sites is 1. The van der Waals surface area contributed by atoms with Crippen LogP contribution in [0.3, 0.4) is 0 Å². The Hall–Kier alpha value is -4.96. The van der Waals surface area contributed by atoms with E-state index in [1.807, 2.05) is 0 Å². The number of hydrogen-bond acceptors (Lipinski definition) is 8. The normalized spacial score (nSPS) is 11.0. The summed E-state index contributed by atoms with van der Waals surface area (Å²) in [4.78, 5) is 37.4. The fraction of sp³-hybridized carbons (Fsp3) is 0.0357. The summed E-state index contributed by atoms with van der Waals surface area (Å²) in [5.74, 6) is -4.49. The molecule has 0 aliphatic heterocycles. The predicted octanol–water partition coefficient (Wildman–Crippen LogP) is 4.33. The molecule has 4 aromatic rings. The van der Waals surface area contributed by atoms with Crippen LogP contribution >= 0.6 is 0 Å². The Kier molecular flexibility index (Phi) is 7.26. The number of carbonyl (C=O) groups excluding carboxylic acids is 2. The molecule has 0 amide bonds. The van der Waals surface area contributed by atoms with E-state index in [-0.39, 0.29) is 28.0 Å². The lowest BCUT2D eigenvalue weighted by molar-refractivity contribution is 0.0694. The summed E-state index contributed by atoms with van der Waals surface area (Å²) in [6.07, 6.45) is 0. The summed E-state index contributed by atoms with van der Waals surface area (Å²) >= 11 is 0. The minimum absolute atomic E-state index is 0.176. The van der Waals surface area contributed by atoms with E-state index < -0.39 is 49.6 Å². The van der Waals surface area contributed by atoms with Crippen LogP contribution in [0.4, 0.5) is 0 Å². The topological polar surface area (TPSA) is 144 Å². The number of ether oxygens (including phenoxy) is 1. The van der Waals surface area contributed by atoms with Crippen molar-refractivity contribution in [2.24, 2.45) is 0 Å². The minimum atomic E-state index is -4.91. The van der Waals surface area contributed by atoms with Gasteiger partial charge in [-0.05, 0) is 18.2 Å². The number of phenols is 1. The molecule has 38 heavy (non-hydrogen) atoms. The second kappa shape index (κ2) is 10.6. The maximum Gasteiger partial charge on any atom is 0.343 e. The first-order chi connectivity index (χ1) is 18.1. The summed E-state index contributed by atoms with van der Waals surface area (Å²) in [6.45, 7) is 0. The Morgan fingerprint density at radius 1 is 0.711 bits per heavy atom. The van der Waals surface area contributed by atoms with Crippen molar-refractivity contribution in [3.63, 3.8) is 0 Å². The van der Waals surface area contributed by atoms with Gasteiger partial charge in [-0.1, -0.05) is 66.7 Å². The average Bonchev–Trinajstić information content (AvgIpc) is 2.92. The SMILES string of the molecule is COc1cc(O)c(C(=O)c2ccccc2)cc1S(=O)(=O)Oc1c(C(=O)O)cccc1C(=O)c1ccccc1. The average molecular weight is 533 g/mol. The van der Waals surface area contributed by atoms with Crippen LogP contribution in [0.1, 0.15) is 42.2 Å². The number of carboxylic acid groups (broad SMARTS) is 1. The zero-order valence-corrected chi connectivity index (χ0v) is 20.6. The molecule has 9 nitrogen and oxygen atoms in total. The van der Waals surface area contributed by atoms with Crippen molar-refractivity contribution in [1.82, 2.24) is 0 Å². The van der Waals surface area contributed by atoms with Gasteiger partial charge in [0.15, 0.2) is 17.3 Å². The van der Waals surface area contributed by atoms with Crippen molar-refractivity contribution in [1.29, 1.82) is 0 Å². The molecule has 0 unspecified atom stereocenters. The minimum Gasteiger partial charge on any atom is -0.507 e. The quantitative estimate of drug-likeness (QED) is 0.238. The molecule has 0 aromatic heterocycles. The molecule has 0 atom stereocenters. The molecule has 4 rings (SSSR count). The van der Waals surface area contributed by atoms with Crippen molar-refractivity contribution >= 4 is 27.7 Å². The summed E-state index contributed by atoms with van der Waals surface area (Å²) < 4.78 is 37.4. The Balaban J connectivity index is 1.85. The molecular weight excluding hydrogens is 512 g/mol. The second-order valence-electron chi connectivity index (χ2n) is 7.94. The van der Waals surface area contributed by atoms with Crippen LogP contribution in [-0.4, -0.2) is 43.3 Å². The molecule has 10 heteroatoms. The first-order valence-corrected chi connectivity index (χ1v) is 12.5. The van der Waals surface area contributed by atoms with Gasteiger partial charge in [0.05, 0.1) is 18.2 Å². The standard InChI is InChI=1S/C28H20O9S/c1-36-23-16-22(29)21(26(31)18-11-6-3-7-12-18)15-24(23)38(34,35)37-27-19(13-8-14-20(27)28(32)33)25(30)17-9-4-2-5-10-17/h2-16,29H,1H3,(H,32,33). The number of benzene rings is 4. The number of ketones is 2. The molecule has 2 N–H and O–H groups in total. The van der Waals surface area contributed by atoms with Crippen LogP contribution in [0, 0.1) is 0 Å². The smallest absolute Gasteiger partial charge is 0.343 e. The van der Waals surface area contributed by atoms with E-state index in [4.69, 9.17) is 8.92 Å². The van der Waals surface area contributed by atoms with Crippen molar-refractivity contribution in [3.05, 3.63) is 119 Å². The van der Waals surface area contributed by atoms with Gasteiger partial charge in [-0.2, -0.15) is 8.42 Å². The van der Waals surface area contributed by atoms with E-state index in [0.29, 0.717) is 0 Å². The van der Waals surface area contributed by atoms with Crippen LogP contribution in [0.5, 0.6) is 17.2 Å². The highest BCUT2D eigenvalue weighted by atomic mass is 32.2. The third-order valence-electron chi connectivity index (χ3n) is 5.55. The number of methoxy groups -OCH3 is 1. The lowest BCUT2D eigenvalue weighted by atomic mass is 10.00. The summed E-state index contributed by atoms with van der Waals surface area (Å²) in [5.41, 5.74) is -0.877. The summed E-state index contributed by atoms with van der Waals surface area (Å²) in [7, 11) is -3.77. The molecule has 0 fully saturated rings. The fourth-order valence-electron chi connectivity index (χ4n) is 3.70. The fourth-order valence-corrected chi connectivity index (χ4v) is 4.84. The molecule has 0 saturated heterocycles. The monoisotopic (exact) mass is 532 g/mol. The third-order valence-corrected chi connectivity index (χ3v) is 6.79. The predicted molar refractivity (Wildman–Crippen MR) is 136 cm³/mol. The Bertz CT molecular complexity index is 1640. The maximum atomic E-state index is 13.5. The number of aromatic hydroxyl groups is 1. The zero-order chi connectivity index (χ0) is 27.4. The van der Waals surface area contributed by atoms with Gasteiger partial charge in [-0.25, -0.2) is 4.79 Å². The van der Waals surface area contributed by atoms with Gasteiger partial charge in [-0.15, -0.1) is 0 Å². The van der Waals surface area contributed by atoms with Gasteiger partial charge in [0.25, 0.3) is 0 Å². The number of rotatable bonds is 9. The number of carboxylic acids is 1. The molecule has 0 saturated carbocycles. The summed E-state index contributed by atoms with van der Waals surface area (Å²) in [6, 6.07) is 21.1. The molecule has 0 bridgehead atoms. The largest absolute Gasteiger partial charge is 0.507 e. The van der Waals surface area contributed by atoms with E-state index in [1.165, 1.54) is 36.4 Å². The molecule has 192 valence electrons. The van der Waals surface area contributed by atoms with Crippen LogP contribution in [0.15, 0.2) is 95.9 Å². The van der Waals surface area contributed by atoms with Crippen LogP contribution in [0.2, 0.25) is 0 Å². The molecule has 4 aromatic carbocycles. The van der Waals surface area contributed by atoms with E-state index in [2.05, 4.69) is 0 Å². The van der Waals surface area contributed by atoms with Gasteiger partial charge in [0.2, 0.25) is 0 Å². The maximum absolute atomic E-state index is 13.5.